The lowest BCUT2D eigenvalue weighted by molar-refractivity contribution is 0.0953. The van der Waals surface area contributed by atoms with Crippen LogP contribution in [0.4, 0.5) is 5.82 Å². The lowest BCUT2D eigenvalue weighted by Gasteiger charge is -2.07. The molecule has 0 aromatic carbocycles. The van der Waals surface area contributed by atoms with E-state index in [1.165, 1.54) is 0 Å². The first kappa shape index (κ1) is 14.8. The molecule has 0 radical (unpaired) electrons. The minimum atomic E-state index is -0.0667. The summed E-state index contributed by atoms with van der Waals surface area (Å²) in [4.78, 5) is 16.0. The molecule has 0 aliphatic rings. The molecule has 0 atom stereocenters. The minimum Gasteiger partial charge on any atom is -0.384 e. The molecule has 0 bridgehead atoms. The lowest BCUT2D eigenvalue weighted by atomic mass is 10.2. The zero-order chi connectivity index (χ0) is 13.4. The van der Waals surface area contributed by atoms with Gasteiger partial charge in [-0.2, -0.15) is 11.8 Å². The number of nitrogens with one attached hydrogen (secondary N) is 1. The molecule has 0 saturated carbocycles. The topological polar surface area (TPSA) is 68.0 Å². The van der Waals surface area contributed by atoms with Gasteiger partial charge in [-0.15, -0.1) is 0 Å². The van der Waals surface area contributed by atoms with Crippen molar-refractivity contribution in [3.8, 4) is 0 Å². The number of hydrogen-bond acceptors (Lipinski definition) is 4. The molecule has 0 aliphatic carbocycles. The predicted octanol–water partition coefficient (Wildman–Crippen LogP) is 2.10. The molecule has 0 saturated heterocycles. The highest BCUT2D eigenvalue weighted by atomic mass is 32.2. The highest BCUT2D eigenvalue weighted by Crippen LogP contribution is 2.08. The number of carbonyl (C=O) groups is 1. The lowest BCUT2D eigenvalue weighted by Crippen LogP contribution is -2.25. The Hall–Kier alpha value is -1.23. The standard InChI is InChI=1S/C13H21N3OS/c1-3-11-8-10(9-12(14)16-11)13(17)15-6-4-5-7-18-2/h8-9H,3-7H2,1-2H3,(H2,14,16)(H,15,17). The van der Waals surface area contributed by atoms with E-state index in [1.807, 2.05) is 18.7 Å². The molecule has 100 valence electrons. The largest absolute Gasteiger partial charge is 0.384 e. The van der Waals surface area contributed by atoms with Gasteiger partial charge in [-0.05, 0) is 43.4 Å². The van der Waals surface area contributed by atoms with Crippen LogP contribution in [0.25, 0.3) is 0 Å². The van der Waals surface area contributed by atoms with Gasteiger partial charge >= 0.3 is 0 Å². The number of nitrogens with zero attached hydrogens (tertiary/aromatic N) is 1. The summed E-state index contributed by atoms with van der Waals surface area (Å²) in [6, 6.07) is 3.42. The smallest absolute Gasteiger partial charge is 0.251 e. The second-order valence-corrected chi connectivity index (χ2v) is 5.07. The first-order valence-electron chi connectivity index (χ1n) is 6.21. The predicted molar refractivity (Wildman–Crippen MR) is 78.0 cm³/mol. The molecule has 0 fully saturated rings. The van der Waals surface area contributed by atoms with Crippen LogP contribution in [0.15, 0.2) is 12.1 Å². The van der Waals surface area contributed by atoms with Crippen LogP contribution in [-0.4, -0.2) is 29.4 Å². The van der Waals surface area contributed by atoms with Crippen molar-refractivity contribution in [1.29, 1.82) is 0 Å². The number of anilines is 1. The van der Waals surface area contributed by atoms with Crippen LogP contribution in [0, 0.1) is 0 Å². The van der Waals surface area contributed by atoms with Gasteiger partial charge in [0.15, 0.2) is 0 Å². The summed E-state index contributed by atoms with van der Waals surface area (Å²) in [6.45, 7) is 2.70. The van der Waals surface area contributed by atoms with Crippen molar-refractivity contribution in [3.63, 3.8) is 0 Å². The second kappa shape index (κ2) is 7.97. The van der Waals surface area contributed by atoms with Gasteiger partial charge < -0.3 is 11.1 Å². The Kier molecular flexibility index (Phi) is 6.57. The maximum absolute atomic E-state index is 11.9. The van der Waals surface area contributed by atoms with Crippen LogP contribution in [0.2, 0.25) is 0 Å². The molecule has 4 nitrogen and oxygen atoms in total. The van der Waals surface area contributed by atoms with Gasteiger partial charge in [-0.25, -0.2) is 4.98 Å². The molecule has 1 aromatic rings. The minimum absolute atomic E-state index is 0.0667. The van der Waals surface area contributed by atoms with Crippen molar-refractivity contribution in [3.05, 3.63) is 23.4 Å². The van der Waals surface area contributed by atoms with E-state index in [0.717, 1.165) is 30.7 Å². The van der Waals surface area contributed by atoms with Crippen LogP contribution < -0.4 is 11.1 Å². The Morgan fingerprint density at radius 2 is 2.22 bits per heavy atom. The third-order valence-corrected chi connectivity index (χ3v) is 3.28. The average molecular weight is 267 g/mol. The number of rotatable bonds is 7. The Labute approximate surface area is 113 Å². The molecule has 1 rings (SSSR count). The number of thioether (sulfide) groups is 1. The number of nitrogen functional groups attached to an aromatic ring is 1. The van der Waals surface area contributed by atoms with E-state index in [-0.39, 0.29) is 5.91 Å². The van der Waals surface area contributed by atoms with Gasteiger partial charge in [0.25, 0.3) is 5.91 Å². The van der Waals surface area contributed by atoms with E-state index >= 15 is 0 Å². The Morgan fingerprint density at radius 1 is 1.44 bits per heavy atom. The fraction of sp³-hybridized carbons (Fsp3) is 0.538. The Bertz CT molecular complexity index is 396. The number of nitrogens with two attached hydrogens (primary N) is 1. The fourth-order valence-electron chi connectivity index (χ4n) is 1.60. The van der Waals surface area contributed by atoms with E-state index in [4.69, 9.17) is 5.73 Å². The summed E-state index contributed by atoms with van der Waals surface area (Å²) in [5.74, 6) is 1.47. The van der Waals surface area contributed by atoms with Crippen LogP contribution >= 0.6 is 11.8 Å². The fourth-order valence-corrected chi connectivity index (χ4v) is 2.09. The first-order chi connectivity index (χ1) is 8.67. The number of unbranched alkanes of at least 4 members (excludes halogenated alkanes) is 1. The molecular weight excluding hydrogens is 246 g/mol. The zero-order valence-electron chi connectivity index (χ0n) is 11.0. The summed E-state index contributed by atoms with van der Waals surface area (Å²) in [5.41, 5.74) is 7.12. The second-order valence-electron chi connectivity index (χ2n) is 4.08. The maximum Gasteiger partial charge on any atom is 0.251 e. The van der Waals surface area contributed by atoms with Gasteiger partial charge in [-0.3, -0.25) is 4.79 Å². The Morgan fingerprint density at radius 3 is 2.89 bits per heavy atom. The monoisotopic (exact) mass is 267 g/mol. The van der Waals surface area contributed by atoms with Crippen LogP contribution in [0.5, 0.6) is 0 Å². The van der Waals surface area contributed by atoms with Crippen LogP contribution in [0.1, 0.15) is 35.8 Å². The van der Waals surface area contributed by atoms with E-state index in [2.05, 4.69) is 16.6 Å². The van der Waals surface area contributed by atoms with Crippen molar-refractivity contribution >= 4 is 23.5 Å². The van der Waals surface area contributed by atoms with Crippen molar-refractivity contribution in [1.82, 2.24) is 10.3 Å². The van der Waals surface area contributed by atoms with E-state index in [9.17, 15) is 4.79 Å². The van der Waals surface area contributed by atoms with Gasteiger partial charge in [0, 0.05) is 17.8 Å². The van der Waals surface area contributed by atoms with Gasteiger partial charge in [0.2, 0.25) is 0 Å². The molecule has 1 amide bonds. The number of carbonyl (C=O) groups excluding carboxylic acids is 1. The molecule has 0 aliphatic heterocycles. The van der Waals surface area contributed by atoms with E-state index in [1.54, 1.807) is 12.1 Å². The van der Waals surface area contributed by atoms with Gasteiger partial charge in [0.1, 0.15) is 5.82 Å². The molecule has 1 heterocycles. The molecular formula is C13H21N3OS. The van der Waals surface area contributed by atoms with Crippen molar-refractivity contribution in [2.45, 2.75) is 26.2 Å². The maximum atomic E-state index is 11.9. The quantitative estimate of drug-likeness (QED) is 0.742. The van der Waals surface area contributed by atoms with E-state index < -0.39 is 0 Å². The number of amides is 1. The summed E-state index contributed by atoms with van der Waals surface area (Å²) in [6.07, 6.45) is 5.00. The Balaban J connectivity index is 2.48. The van der Waals surface area contributed by atoms with Crippen LogP contribution in [0.3, 0.4) is 0 Å². The summed E-state index contributed by atoms with van der Waals surface area (Å²) in [7, 11) is 0. The molecule has 0 unspecified atom stereocenters. The number of aromatic nitrogens is 1. The highest BCUT2D eigenvalue weighted by Gasteiger charge is 2.07. The molecule has 1 aromatic heterocycles. The highest BCUT2D eigenvalue weighted by molar-refractivity contribution is 7.98. The average Bonchev–Trinajstić information content (AvgIpc) is 2.37. The zero-order valence-corrected chi connectivity index (χ0v) is 11.8. The number of aryl methyl sites for hydroxylation is 1. The molecule has 5 heteroatoms. The molecule has 18 heavy (non-hydrogen) atoms. The van der Waals surface area contributed by atoms with Crippen molar-refractivity contribution in [2.24, 2.45) is 0 Å². The molecule has 0 spiro atoms. The summed E-state index contributed by atoms with van der Waals surface area (Å²) >= 11 is 1.83. The van der Waals surface area contributed by atoms with Crippen LogP contribution in [-0.2, 0) is 6.42 Å². The normalized spacial score (nSPS) is 10.3. The number of hydrogen-bond donors (Lipinski definition) is 2. The summed E-state index contributed by atoms with van der Waals surface area (Å²) < 4.78 is 0. The molecule has 3 N–H and O–H groups in total. The SMILES string of the molecule is CCc1cc(C(=O)NCCCCSC)cc(N)n1. The van der Waals surface area contributed by atoms with Crippen molar-refractivity contribution < 1.29 is 4.79 Å². The van der Waals surface area contributed by atoms with E-state index in [0.29, 0.717) is 17.9 Å². The summed E-state index contributed by atoms with van der Waals surface area (Å²) in [5, 5.41) is 2.90. The third kappa shape index (κ3) is 4.96. The van der Waals surface area contributed by atoms with Crippen molar-refractivity contribution in [2.75, 3.05) is 24.3 Å². The van der Waals surface area contributed by atoms with Gasteiger partial charge in [0.05, 0.1) is 0 Å². The third-order valence-electron chi connectivity index (χ3n) is 2.58. The number of pyridine rings is 1. The first-order valence-corrected chi connectivity index (χ1v) is 7.60. The van der Waals surface area contributed by atoms with Gasteiger partial charge in [-0.1, -0.05) is 6.92 Å².